The number of aromatic amines is 1. The Hall–Kier alpha value is -2.13. The number of hydrogen-bond donors (Lipinski definition) is 2. The highest BCUT2D eigenvalue weighted by Crippen LogP contribution is 2.49. The second kappa shape index (κ2) is 6.40. The second-order valence-corrected chi connectivity index (χ2v) is 8.54. The number of aliphatic hydroxyl groups is 1. The molecule has 3 rings (SSSR count). The minimum absolute atomic E-state index is 0.0583. The topological polar surface area (TPSA) is 121 Å². The number of hydrogen-bond acceptors (Lipinski definition) is 6. The average molecular weight is 349 g/mol. The van der Waals surface area contributed by atoms with Gasteiger partial charge in [-0.05, 0) is 30.0 Å². The third kappa shape index (κ3) is 3.36. The Morgan fingerprint density at radius 2 is 2.08 bits per heavy atom. The van der Waals surface area contributed by atoms with Crippen LogP contribution >= 0.6 is 0 Å². The van der Waals surface area contributed by atoms with Crippen LogP contribution in [0.3, 0.4) is 0 Å². The van der Waals surface area contributed by atoms with Gasteiger partial charge in [0.1, 0.15) is 0 Å². The summed E-state index contributed by atoms with van der Waals surface area (Å²) in [6.45, 7) is -0.0583. The number of H-pyrrole nitrogens is 1. The number of rotatable bonds is 6. The first-order valence-corrected chi connectivity index (χ1v) is 9.76. The largest absolute Gasteiger partial charge is 0.396 e. The minimum atomic E-state index is -2.60. The summed E-state index contributed by atoms with van der Waals surface area (Å²) in [6.07, 6.45) is 3.24. The van der Waals surface area contributed by atoms with Crippen molar-refractivity contribution in [2.75, 3.05) is 18.6 Å². The zero-order valence-electron chi connectivity index (χ0n) is 13.3. The van der Waals surface area contributed by atoms with Gasteiger partial charge in [-0.1, -0.05) is 24.3 Å². The molecular weight excluding hydrogens is 330 g/mol. The van der Waals surface area contributed by atoms with Gasteiger partial charge in [0.15, 0.2) is 0 Å². The van der Waals surface area contributed by atoms with Crippen molar-refractivity contribution in [2.24, 2.45) is 4.36 Å². The van der Waals surface area contributed by atoms with E-state index in [0.717, 1.165) is 11.1 Å². The van der Waals surface area contributed by atoms with Crippen LogP contribution in [0.2, 0.25) is 0 Å². The van der Waals surface area contributed by atoms with Crippen LogP contribution in [0.15, 0.2) is 28.6 Å². The van der Waals surface area contributed by atoms with E-state index in [-0.39, 0.29) is 18.3 Å². The number of nitrogens with one attached hydrogen (secondary N) is 1. The molecule has 0 bridgehead atoms. The molecule has 1 aliphatic rings. The van der Waals surface area contributed by atoms with Gasteiger partial charge in [-0.15, -0.1) is 10.2 Å². The van der Waals surface area contributed by atoms with Crippen LogP contribution in [-0.2, 0) is 19.9 Å². The molecule has 0 radical (unpaired) electrons. The third-order valence-electron chi connectivity index (χ3n) is 4.16. The lowest BCUT2D eigenvalue weighted by Gasteiger charge is -2.13. The van der Waals surface area contributed by atoms with E-state index in [1.807, 2.05) is 24.3 Å². The number of tetrazole rings is 1. The van der Waals surface area contributed by atoms with E-state index in [2.05, 4.69) is 25.0 Å². The van der Waals surface area contributed by atoms with Crippen molar-refractivity contribution in [3.8, 4) is 11.4 Å². The van der Waals surface area contributed by atoms with E-state index in [9.17, 15) is 9.00 Å². The zero-order valence-corrected chi connectivity index (χ0v) is 14.1. The molecule has 9 heteroatoms. The molecule has 1 aliphatic carbocycles. The summed E-state index contributed by atoms with van der Waals surface area (Å²) in [4.78, 5) is 12.6. The molecule has 0 aliphatic heterocycles. The Kier molecular flexibility index (Phi) is 4.46. The molecule has 1 aromatic heterocycles. The van der Waals surface area contributed by atoms with Gasteiger partial charge in [0.2, 0.25) is 5.82 Å². The van der Waals surface area contributed by atoms with E-state index in [1.54, 1.807) is 0 Å². The molecule has 1 atom stereocenters. The highest BCUT2D eigenvalue weighted by Gasteiger charge is 2.51. The fraction of sp³-hybridized carbons (Fsp3) is 0.467. The smallest absolute Gasteiger partial charge is 0.264 e. The summed E-state index contributed by atoms with van der Waals surface area (Å²) in [5, 5.41) is 22.6. The van der Waals surface area contributed by atoms with Crippen LogP contribution in [0.1, 0.15) is 24.8 Å². The second-order valence-electron chi connectivity index (χ2n) is 6.03. The van der Waals surface area contributed by atoms with E-state index in [1.165, 1.54) is 6.26 Å². The molecule has 0 spiro atoms. The first kappa shape index (κ1) is 16.7. The lowest BCUT2D eigenvalue weighted by atomic mass is 9.94. The number of carbonyl (C=O) groups excluding carboxylic acids is 1. The Morgan fingerprint density at radius 3 is 2.62 bits per heavy atom. The molecule has 1 amide bonds. The summed E-state index contributed by atoms with van der Waals surface area (Å²) in [6, 6.07) is 7.39. The maximum absolute atomic E-state index is 12.6. The lowest BCUT2D eigenvalue weighted by molar-refractivity contribution is -0.120. The number of nitrogens with zero attached hydrogens (tertiary/aromatic N) is 4. The SMILES string of the molecule is CS(=O)(CCCO)=NC(=O)C1(c2ccc(-c3nn[nH]n3)cc2)CC1. The highest BCUT2D eigenvalue weighted by atomic mass is 32.2. The van der Waals surface area contributed by atoms with Crippen molar-refractivity contribution in [3.63, 3.8) is 0 Å². The normalized spacial score (nSPS) is 17.9. The standard InChI is InChI=1S/C15H19N5O3S/c1-24(23,10-2-9-21)18-14(22)15(7-8-15)12-5-3-11(4-6-12)13-16-19-20-17-13/h3-6,21H,2,7-10H2,1H3,(H,16,17,19,20). The molecule has 1 fully saturated rings. The molecule has 1 unspecified atom stereocenters. The van der Waals surface area contributed by atoms with Gasteiger partial charge >= 0.3 is 0 Å². The summed E-state index contributed by atoms with van der Waals surface area (Å²) >= 11 is 0. The molecule has 24 heavy (non-hydrogen) atoms. The lowest BCUT2D eigenvalue weighted by Crippen LogP contribution is -2.21. The van der Waals surface area contributed by atoms with E-state index < -0.39 is 15.1 Å². The Labute approximate surface area is 139 Å². The molecule has 1 heterocycles. The quantitative estimate of drug-likeness (QED) is 0.799. The van der Waals surface area contributed by atoms with Gasteiger partial charge in [0.05, 0.1) is 15.1 Å². The van der Waals surface area contributed by atoms with Crippen LogP contribution in [0, 0.1) is 0 Å². The Morgan fingerprint density at radius 1 is 1.38 bits per heavy atom. The van der Waals surface area contributed by atoms with E-state index in [0.29, 0.717) is 25.1 Å². The van der Waals surface area contributed by atoms with Crippen LogP contribution in [0.25, 0.3) is 11.4 Å². The van der Waals surface area contributed by atoms with Gasteiger partial charge in [-0.2, -0.15) is 9.58 Å². The van der Waals surface area contributed by atoms with Gasteiger partial charge in [0, 0.05) is 24.2 Å². The molecule has 1 saturated carbocycles. The van der Waals surface area contributed by atoms with E-state index >= 15 is 0 Å². The molecule has 2 aromatic rings. The fourth-order valence-corrected chi connectivity index (χ4v) is 3.90. The van der Waals surface area contributed by atoms with Gasteiger partial charge < -0.3 is 5.11 Å². The highest BCUT2D eigenvalue weighted by molar-refractivity contribution is 7.93. The van der Waals surface area contributed by atoms with Gasteiger partial charge in [-0.25, -0.2) is 4.21 Å². The first-order valence-electron chi connectivity index (χ1n) is 7.66. The van der Waals surface area contributed by atoms with Crippen molar-refractivity contribution >= 4 is 15.6 Å². The van der Waals surface area contributed by atoms with Crippen molar-refractivity contribution in [1.82, 2.24) is 20.6 Å². The van der Waals surface area contributed by atoms with Crippen molar-refractivity contribution < 1.29 is 14.1 Å². The molecule has 8 nitrogen and oxygen atoms in total. The molecule has 128 valence electrons. The maximum atomic E-state index is 12.6. The summed E-state index contributed by atoms with van der Waals surface area (Å²) in [5.41, 5.74) is 1.00. The maximum Gasteiger partial charge on any atom is 0.264 e. The number of amides is 1. The fourth-order valence-electron chi connectivity index (χ4n) is 2.61. The van der Waals surface area contributed by atoms with E-state index in [4.69, 9.17) is 5.11 Å². The zero-order chi connectivity index (χ0) is 17.2. The molecular formula is C15H19N5O3S. The third-order valence-corrected chi connectivity index (χ3v) is 5.76. The Bertz CT molecular complexity index is 835. The number of benzene rings is 1. The van der Waals surface area contributed by atoms with Crippen LogP contribution < -0.4 is 0 Å². The van der Waals surface area contributed by atoms with Crippen molar-refractivity contribution in [3.05, 3.63) is 29.8 Å². The average Bonchev–Trinajstić information content (AvgIpc) is 3.20. The first-order chi connectivity index (χ1) is 11.5. The van der Waals surface area contributed by atoms with Crippen LogP contribution in [0.4, 0.5) is 0 Å². The molecule has 0 saturated heterocycles. The predicted octanol–water partition coefficient (Wildman–Crippen LogP) is 0.905. The summed E-state index contributed by atoms with van der Waals surface area (Å²) in [5.74, 6) is 0.380. The molecule has 1 aromatic carbocycles. The van der Waals surface area contributed by atoms with Crippen molar-refractivity contribution in [2.45, 2.75) is 24.7 Å². The van der Waals surface area contributed by atoms with Gasteiger partial charge in [-0.3, -0.25) is 4.79 Å². The molecule has 2 N–H and O–H groups in total. The monoisotopic (exact) mass is 349 g/mol. The predicted molar refractivity (Wildman–Crippen MR) is 88.6 cm³/mol. The minimum Gasteiger partial charge on any atom is -0.396 e. The number of aliphatic hydroxyl groups excluding tert-OH is 1. The van der Waals surface area contributed by atoms with Gasteiger partial charge in [0.25, 0.3) is 5.91 Å². The summed E-state index contributed by atoms with van der Waals surface area (Å²) in [7, 11) is -2.60. The number of carbonyl (C=O) groups is 1. The van der Waals surface area contributed by atoms with Crippen LogP contribution in [0.5, 0.6) is 0 Å². The van der Waals surface area contributed by atoms with Crippen LogP contribution in [-0.4, -0.2) is 54.5 Å². The van der Waals surface area contributed by atoms with Crippen molar-refractivity contribution in [1.29, 1.82) is 0 Å². The number of aromatic nitrogens is 4. The Balaban J connectivity index is 1.82. The summed E-state index contributed by atoms with van der Waals surface area (Å²) < 4.78 is 16.3.